The zero-order chi connectivity index (χ0) is 15.7. The Labute approximate surface area is 133 Å². The molecule has 2 nitrogen and oxygen atoms in total. The molecule has 0 aliphatic carbocycles. The first kappa shape index (κ1) is 17.6. The third kappa shape index (κ3) is 6.26. The van der Waals surface area contributed by atoms with Crippen molar-refractivity contribution in [2.45, 2.75) is 46.0 Å². The standard InChI is InChI=1S/C18H26ClNO/c1-4-9-14(3)10-7-6-8-11-21-17-13-15(5-2)12-16(20)18(17)19/h5,9,12-13H,2,4,6-8,10-11,20H2,1,3H3/b14-9+. The average Bonchev–Trinajstić information content (AvgIpc) is 2.46. The number of unbranched alkanes of at least 4 members (excludes halogenated alkanes) is 2. The van der Waals surface area contributed by atoms with Crippen molar-refractivity contribution in [2.75, 3.05) is 12.3 Å². The molecule has 0 bridgehead atoms. The normalized spacial score (nSPS) is 11.5. The van der Waals surface area contributed by atoms with Crippen LogP contribution in [0.2, 0.25) is 5.02 Å². The third-order valence-corrected chi connectivity index (χ3v) is 3.76. The van der Waals surface area contributed by atoms with Crippen molar-refractivity contribution in [2.24, 2.45) is 0 Å². The molecule has 1 aromatic rings. The third-order valence-electron chi connectivity index (χ3n) is 3.35. The molecule has 0 radical (unpaired) electrons. The van der Waals surface area contributed by atoms with Crippen molar-refractivity contribution in [3.05, 3.63) is 40.9 Å². The molecule has 2 N–H and O–H groups in total. The Kier molecular flexibility index (Phi) is 7.99. The van der Waals surface area contributed by atoms with Gasteiger partial charge in [-0.05, 0) is 56.7 Å². The Morgan fingerprint density at radius 3 is 2.76 bits per heavy atom. The molecule has 0 saturated heterocycles. The molecule has 0 aliphatic rings. The van der Waals surface area contributed by atoms with E-state index in [9.17, 15) is 0 Å². The first-order chi connectivity index (χ1) is 10.1. The molecule has 0 fully saturated rings. The summed E-state index contributed by atoms with van der Waals surface area (Å²) in [5, 5.41) is 0.488. The Balaban J connectivity index is 2.35. The smallest absolute Gasteiger partial charge is 0.140 e. The number of ether oxygens (including phenoxy) is 1. The highest BCUT2D eigenvalue weighted by molar-refractivity contribution is 6.34. The maximum atomic E-state index is 6.15. The number of nitrogen functional groups attached to an aromatic ring is 1. The van der Waals surface area contributed by atoms with Crippen LogP contribution in [-0.2, 0) is 0 Å². The van der Waals surface area contributed by atoms with Crippen LogP contribution in [-0.4, -0.2) is 6.61 Å². The van der Waals surface area contributed by atoms with E-state index < -0.39 is 0 Å². The highest BCUT2D eigenvalue weighted by Gasteiger charge is 2.07. The first-order valence-electron chi connectivity index (χ1n) is 7.58. The van der Waals surface area contributed by atoms with E-state index in [4.69, 9.17) is 22.1 Å². The molecule has 0 atom stereocenters. The van der Waals surface area contributed by atoms with Gasteiger partial charge in [-0.3, -0.25) is 0 Å². The zero-order valence-corrected chi connectivity index (χ0v) is 13.9. The quantitative estimate of drug-likeness (QED) is 0.352. The lowest BCUT2D eigenvalue weighted by atomic mass is 10.1. The largest absolute Gasteiger partial charge is 0.492 e. The summed E-state index contributed by atoms with van der Waals surface area (Å²) in [6, 6.07) is 3.67. The first-order valence-corrected chi connectivity index (χ1v) is 7.96. The van der Waals surface area contributed by atoms with Crippen LogP contribution in [0.4, 0.5) is 5.69 Å². The Bertz CT molecular complexity index is 494. The van der Waals surface area contributed by atoms with Gasteiger partial charge in [-0.15, -0.1) is 0 Å². The summed E-state index contributed by atoms with van der Waals surface area (Å²) >= 11 is 6.15. The molecule has 21 heavy (non-hydrogen) atoms. The van der Waals surface area contributed by atoms with Crippen LogP contribution in [0.25, 0.3) is 6.08 Å². The lowest BCUT2D eigenvalue weighted by Gasteiger charge is -2.11. The van der Waals surface area contributed by atoms with Gasteiger partial charge in [-0.2, -0.15) is 0 Å². The molecule has 0 heterocycles. The minimum atomic E-state index is 0.488. The Morgan fingerprint density at radius 1 is 1.33 bits per heavy atom. The summed E-state index contributed by atoms with van der Waals surface area (Å²) in [5.74, 6) is 0.647. The molecule has 0 spiro atoms. The fourth-order valence-electron chi connectivity index (χ4n) is 2.18. The molecule has 0 unspecified atom stereocenters. The average molecular weight is 308 g/mol. The van der Waals surface area contributed by atoms with Crippen LogP contribution >= 0.6 is 11.6 Å². The summed E-state index contributed by atoms with van der Waals surface area (Å²) in [7, 11) is 0. The second-order valence-corrected chi connectivity index (χ2v) is 5.62. The summed E-state index contributed by atoms with van der Waals surface area (Å²) in [6.45, 7) is 8.77. The van der Waals surface area contributed by atoms with Gasteiger partial charge in [0.2, 0.25) is 0 Å². The van der Waals surface area contributed by atoms with Gasteiger partial charge >= 0.3 is 0 Å². The molecule has 0 aromatic heterocycles. The minimum absolute atomic E-state index is 0.488. The van der Waals surface area contributed by atoms with Gasteiger partial charge in [0.05, 0.1) is 12.3 Å². The number of halogens is 1. The van der Waals surface area contributed by atoms with E-state index in [0.717, 1.165) is 24.8 Å². The number of rotatable bonds is 9. The number of hydrogen-bond acceptors (Lipinski definition) is 2. The topological polar surface area (TPSA) is 35.2 Å². The highest BCUT2D eigenvalue weighted by atomic mass is 35.5. The monoisotopic (exact) mass is 307 g/mol. The van der Waals surface area contributed by atoms with Gasteiger partial charge in [0, 0.05) is 0 Å². The predicted molar refractivity (Wildman–Crippen MR) is 94.0 cm³/mol. The molecular formula is C18H26ClNO. The van der Waals surface area contributed by atoms with Gasteiger partial charge < -0.3 is 10.5 Å². The molecule has 1 rings (SSSR count). The SMILES string of the molecule is C=Cc1cc(N)c(Cl)c(OCCCCC/C(C)=C/CC)c1. The van der Waals surface area contributed by atoms with Crippen molar-refractivity contribution in [1.29, 1.82) is 0 Å². The fourth-order valence-corrected chi connectivity index (χ4v) is 2.34. The second-order valence-electron chi connectivity index (χ2n) is 5.24. The Hall–Kier alpha value is -1.41. The number of allylic oxidation sites excluding steroid dienone is 2. The number of benzene rings is 1. The van der Waals surface area contributed by atoms with Gasteiger partial charge in [0.15, 0.2) is 0 Å². The second kappa shape index (κ2) is 9.51. The van der Waals surface area contributed by atoms with Crippen molar-refractivity contribution in [3.8, 4) is 5.75 Å². The van der Waals surface area contributed by atoms with Crippen LogP contribution < -0.4 is 10.5 Å². The van der Waals surface area contributed by atoms with Crippen LogP contribution in [0.15, 0.2) is 30.4 Å². The summed E-state index contributed by atoms with van der Waals surface area (Å²) < 4.78 is 5.74. The molecule has 0 saturated carbocycles. The van der Waals surface area contributed by atoms with Crippen LogP contribution in [0.1, 0.15) is 51.5 Å². The maximum absolute atomic E-state index is 6.15. The van der Waals surface area contributed by atoms with Crippen molar-refractivity contribution in [1.82, 2.24) is 0 Å². The van der Waals surface area contributed by atoms with Gasteiger partial charge in [0.1, 0.15) is 10.8 Å². The summed E-state index contributed by atoms with van der Waals surface area (Å²) in [4.78, 5) is 0. The van der Waals surface area contributed by atoms with Gasteiger partial charge in [-0.1, -0.05) is 42.8 Å². The summed E-state index contributed by atoms with van der Waals surface area (Å²) in [6.07, 6.45) is 9.70. The van der Waals surface area contributed by atoms with E-state index in [-0.39, 0.29) is 0 Å². The minimum Gasteiger partial charge on any atom is -0.492 e. The molecule has 116 valence electrons. The van der Waals surface area contributed by atoms with Crippen LogP contribution in [0, 0.1) is 0 Å². The fraction of sp³-hybridized carbons (Fsp3) is 0.444. The van der Waals surface area contributed by atoms with E-state index in [1.165, 1.54) is 18.4 Å². The highest BCUT2D eigenvalue weighted by Crippen LogP contribution is 2.32. The molecule has 0 amide bonds. The lowest BCUT2D eigenvalue weighted by molar-refractivity contribution is 0.305. The van der Waals surface area contributed by atoms with Crippen molar-refractivity contribution in [3.63, 3.8) is 0 Å². The zero-order valence-electron chi connectivity index (χ0n) is 13.1. The van der Waals surface area contributed by atoms with Gasteiger partial charge in [0.25, 0.3) is 0 Å². The summed E-state index contributed by atoms with van der Waals surface area (Å²) in [5.41, 5.74) is 8.78. The van der Waals surface area contributed by atoms with E-state index in [1.54, 1.807) is 12.1 Å². The van der Waals surface area contributed by atoms with Crippen LogP contribution in [0.3, 0.4) is 0 Å². The van der Waals surface area contributed by atoms with Gasteiger partial charge in [-0.25, -0.2) is 0 Å². The van der Waals surface area contributed by atoms with E-state index in [0.29, 0.717) is 23.1 Å². The maximum Gasteiger partial charge on any atom is 0.140 e. The van der Waals surface area contributed by atoms with Crippen molar-refractivity contribution < 1.29 is 4.74 Å². The molecule has 1 aromatic carbocycles. The van der Waals surface area contributed by atoms with Crippen LogP contribution in [0.5, 0.6) is 5.75 Å². The van der Waals surface area contributed by atoms with Crippen molar-refractivity contribution >= 4 is 23.4 Å². The van der Waals surface area contributed by atoms with E-state index in [2.05, 4.69) is 26.5 Å². The lowest BCUT2D eigenvalue weighted by Crippen LogP contribution is -2.00. The Morgan fingerprint density at radius 2 is 2.10 bits per heavy atom. The molecule has 3 heteroatoms. The molecular weight excluding hydrogens is 282 g/mol. The molecule has 0 aliphatic heterocycles. The number of nitrogens with two attached hydrogens (primary N) is 1. The number of hydrogen-bond donors (Lipinski definition) is 1. The van der Waals surface area contributed by atoms with E-state index >= 15 is 0 Å². The van der Waals surface area contributed by atoms with E-state index in [1.807, 2.05) is 6.07 Å². The number of anilines is 1. The predicted octanol–water partition coefficient (Wildman–Crippen LogP) is 5.86.